The first-order chi connectivity index (χ1) is 12.0. The number of rotatable bonds is 11. The van der Waals surface area contributed by atoms with Crippen molar-refractivity contribution in [3.05, 3.63) is 15.6 Å². The molecule has 0 bridgehead atoms. The van der Waals surface area contributed by atoms with Gasteiger partial charge in [0.25, 0.3) is 0 Å². The smallest absolute Gasteiger partial charge is 0.191 e. The molecule has 6 heteroatoms. The Morgan fingerprint density at radius 1 is 1.20 bits per heavy atom. The van der Waals surface area contributed by atoms with Gasteiger partial charge in [-0.05, 0) is 44.9 Å². The number of hydrogen-bond acceptors (Lipinski definition) is 4. The summed E-state index contributed by atoms with van der Waals surface area (Å²) in [4.78, 5) is 10.8. The molecule has 1 aromatic heterocycles. The van der Waals surface area contributed by atoms with Crippen molar-refractivity contribution >= 4 is 17.3 Å². The van der Waals surface area contributed by atoms with E-state index in [1.165, 1.54) is 15.6 Å². The highest BCUT2D eigenvalue weighted by molar-refractivity contribution is 7.11. The maximum atomic E-state index is 9.36. The molecule has 0 saturated carbocycles. The number of nitrogens with zero attached hydrogens (tertiary/aromatic N) is 2. The van der Waals surface area contributed by atoms with Crippen molar-refractivity contribution in [2.24, 2.45) is 10.4 Å². The molecule has 0 aliphatic rings. The van der Waals surface area contributed by atoms with Gasteiger partial charge in [-0.3, -0.25) is 4.99 Å². The number of aliphatic hydroxyl groups excluding tert-OH is 1. The van der Waals surface area contributed by atoms with Crippen LogP contribution in [0.4, 0.5) is 0 Å². The number of aryl methyl sites for hydroxylation is 2. The maximum Gasteiger partial charge on any atom is 0.191 e. The Morgan fingerprint density at radius 3 is 2.44 bits per heavy atom. The van der Waals surface area contributed by atoms with Gasteiger partial charge in [-0.1, -0.05) is 20.8 Å². The third kappa shape index (κ3) is 6.94. The highest BCUT2D eigenvalue weighted by Gasteiger charge is 2.25. The second kappa shape index (κ2) is 11.5. The first-order valence-corrected chi connectivity index (χ1v) is 10.4. The SMILES string of the molecule is CCNC(=NCC(CC)(CC)CCO)NCCc1nc(CC)c(C)s1. The summed E-state index contributed by atoms with van der Waals surface area (Å²) in [6, 6.07) is 0. The van der Waals surface area contributed by atoms with Crippen LogP contribution in [0.25, 0.3) is 0 Å². The van der Waals surface area contributed by atoms with Gasteiger partial charge in [-0.25, -0.2) is 4.98 Å². The molecule has 0 aliphatic carbocycles. The largest absolute Gasteiger partial charge is 0.396 e. The number of thiazole rings is 1. The molecule has 0 radical (unpaired) electrons. The summed E-state index contributed by atoms with van der Waals surface area (Å²) in [7, 11) is 0. The van der Waals surface area contributed by atoms with Gasteiger partial charge >= 0.3 is 0 Å². The van der Waals surface area contributed by atoms with Crippen LogP contribution in [0.5, 0.6) is 0 Å². The van der Waals surface area contributed by atoms with Gasteiger partial charge in [-0.15, -0.1) is 11.3 Å². The lowest BCUT2D eigenvalue weighted by atomic mass is 9.79. The van der Waals surface area contributed by atoms with Gasteiger partial charge in [0, 0.05) is 37.5 Å². The van der Waals surface area contributed by atoms with Crippen LogP contribution < -0.4 is 10.6 Å². The molecule has 1 heterocycles. The molecule has 0 unspecified atom stereocenters. The highest BCUT2D eigenvalue weighted by atomic mass is 32.1. The average molecular weight is 369 g/mol. The number of aromatic nitrogens is 1. The van der Waals surface area contributed by atoms with Crippen molar-refractivity contribution in [1.82, 2.24) is 15.6 Å². The molecule has 144 valence electrons. The molecule has 0 amide bonds. The second-order valence-electron chi connectivity index (χ2n) is 6.52. The molecule has 3 N–H and O–H groups in total. The molecule has 0 aliphatic heterocycles. The van der Waals surface area contributed by atoms with E-state index < -0.39 is 0 Å². The van der Waals surface area contributed by atoms with E-state index in [0.29, 0.717) is 0 Å². The first kappa shape index (κ1) is 21.9. The van der Waals surface area contributed by atoms with Crippen molar-refractivity contribution in [3.63, 3.8) is 0 Å². The van der Waals surface area contributed by atoms with E-state index in [4.69, 9.17) is 9.98 Å². The monoisotopic (exact) mass is 368 g/mol. The zero-order valence-corrected chi connectivity index (χ0v) is 17.4. The minimum atomic E-state index is 0.0968. The lowest BCUT2D eigenvalue weighted by molar-refractivity contribution is 0.175. The molecular weight excluding hydrogens is 332 g/mol. The number of aliphatic imine (C=N–C) groups is 1. The summed E-state index contributed by atoms with van der Waals surface area (Å²) >= 11 is 1.80. The number of nitrogens with one attached hydrogen (secondary N) is 2. The van der Waals surface area contributed by atoms with Crippen molar-refractivity contribution in [3.8, 4) is 0 Å². The summed E-state index contributed by atoms with van der Waals surface area (Å²) in [5, 5.41) is 17.3. The van der Waals surface area contributed by atoms with Crippen molar-refractivity contribution in [2.75, 3.05) is 26.2 Å². The van der Waals surface area contributed by atoms with Gasteiger partial charge in [0.15, 0.2) is 5.96 Å². The minimum Gasteiger partial charge on any atom is -0.396 e. The lowest BCUT2D eigenvalue weighted by Gasteiger charge is -2.29. The summed E-state index contributed by atoms with van der Waals surface area (Å²) in [5.41, 5.74) is 1.32. The fourth-order valence-electron chi connectivity index (χ4n) is 2.94. The molecule has 0 aromatic carbocycles. The zero-order chi connectivity index (χ0) is 18.7. The van der Waals surface area contributed by atoms with Crippen LogP contribution in [-0.2, 0) is 12.8 Å². The Kier molecular flexibility index (Phi) is 10.0. The van der Waals surface area contributed by atoms with Crippen LogP contribution in [0.1, 0.15) is 62.5 Å². The Morgan fingerprint density at radius 2 is 1.92 bits per heavy atom. The van der Waals surface area contributed by atoms with Gasteiger partial charge in [-0.2, -0.15) is 0 Å². The third-order valence-electron chi connectivity index (χ3n) is 4.96. The molecule has 0 atom stereocenters. The molecule has 1 rings (SSSR count). The van der Waals surface area contributed by atoms with Crippen LogP contribution in [0.2, 0.25) is 0 Å². The summed E-state index contributed by atoms with van der Waals surface area (Å²) < 4.78 is 0. The fourth-order valence-corrected chi connectivity index (χ4v) is 3.96. The predicted molar refractivity (Wildman–Crippen MR) is 109 cm³/mol. The standard InChI is InChI=1S/C19H36N4OS/c1-6-16-15(5)25-17(23-16)10-12-21-18(20-9-4)22-14-19(7-2,8-3)11-13-24/h24H,6-14H2,1-5H3,(H2,20,21,22). The van der Waals surface area contributed by atoms with Gasteiger partial charge in [0.1, 0.15) is 0 Å². The second-order valence-corrected chi connectivity index (χ2v) is 7.80. The van der Waals surface area contributed by atoms with Crippen LogP contribution in [0.3, 0.4) is 0 Å². The molecular formula is C19H36N4OS. The van der Waals surface area contributed by atoms with E-state index in [9.17, 15) is 5.11 Å². The molecule has 0 fully saturated rings. The van der Waals surface area contributed by atoms with Crippen LogP contribution in [-0.4, -0.2) is 42.3 Å². The maximum absolute atomic E-state index is 9.36. The van der Waals surface area contributed by atoms with E-state index in [2.05, 4.69) is 45.3 Å². The molecule has 25 heavy (non-hydrogen) atoms. The molecule has 0 saturated heterocycles. The molecule has 0 spiro atoms. The Labute approximate surface area is 157 Å². The first-order valence-electron chi connectivity index (χ1n) is 9.62. The quantitative estimate of drug-likeness (QED) is 0.414. The lowest BCUT2D eigenvalue weighted by Crippen LogP contribution is -2.39. The summed E-state index contributed by atoms with van der Waals surface area (Å²) in [5.74, 6) is 0.857. The van der Waals surface area contributed by atoms with Gasteiger partial charge < -0.3 is 15.7 Å². The highest BCUT2D eigenvalue weighted by Crippen LogP contribution is 2.30. The Bertz CT molecular complexity index is 523. The topological polar surface area (TPSA) is 69.5 Å². The van der Waals surface area contributed by atoms with E-state index in [0.717, 1.165) is 57.7 Å². The Balaban J connectivity index is 2.62. The Hall–Kier alpha value is -1.14. The van der Waals surface area contributed by atoms with Crippen molar-refractivity contribution in [1.29, 1.82) is 0 Å². The van der Waals surface area contributed by atoms with Crippen LogP contribution in [0, 0.1) is 12.3 Å². The number of aliphatic hydroxyl groups is 1. The van der Waals surface area contributed by atoms with E-state index >= 15 is 0 Å². The van der Waals surface area contributed by atoms with E-state index in [-0.39, 0.29) is 12.0 Å². The number of hydrogen-bond donors (Lipinski definition) is 3. The normalized spacial score (nSPS) is 12.5. The molecule has 5 nitrogen and oxygen atoms in total. The summed E-state index contributed by atoms with van der Waals surface area (Å²) in [6.45, 7) is 13.4. The summed E-state index contributed by atoms with van der Waals surface area (Å²) in [6.07, 6.45) is 4.79. The van der Waals surface area contributed by atoms with Crippen LogP contribution in [0.15, 0.2) is 4.99 Å². The fraction of sp³-hybridized carbons (Fsp3) is 0.789. The average Bonchev–Trinajstić information content (AvgIpc) is 2.98. The number of guanidine groups is 1. The molecule has 1 aromatic rings. The van der Waals surface area contributed by atoms with Gasteiger partial charge in [0.2, 0.25) is 0 Å². The predicted octanol–water partition coefficient (Wildman–Crippen LogP) is 3.30. The van der Waals surface area contributed by atoms with Gasteiger partial charge in [0.05, 0.1) is 10.7 Å². The van der Waals surface area contributed by atoms with E-state index in [1.54, 1.807) is 11.3 Å². The van der Waals surface area contributed by atoms with Crippen molar-refractivity contribution < 1.29 is 5.11 Å². The van der Waals surface area contributed by atoms with Crippen molar-refractivity contribution in [2.45, 2.75) is 66.7 Å². The minimum absolute atomic E-state index is 0.0968. The zero-order valence-electron chi connectivity index (χ0n) is 16.6. The van der Waals surface area contributed by atoms with E-state index in [1.807, 2.05) is 0 Å². The third-order valence-corrected chi connectivity index (χ3v) is 6.03. The van der Waals surface area contributed by atoms with Crippen LogP contribution >= 0.6 is 11.3 Å².